The second-order valence-electron chi connectivity index (χ2n) is 7.68. The van der Waals surface area contributed by atoms with Gasteiger partial charge >= 0.3 is 5.97 Å². The number of aliphatic carboxylic acids is 1. The first-order valence-electron chi connectivity index (χ1n) is 9.27. The molecule has 0 spiro atoms. The maximum absolute atomic E-state index is 13.2. The van der Waals surface area contributed by atoms with Crippen LogP contribution in [0.25, 0.3) is 10.8 Å². The highest BCUT2D eigenvalue weighted by atomic mass is 32.2. The standard InChI is InChI=1S/C20H24N2O4S/c1-21-11-4-9-20(19(23)24)10-12-22(14-18(20)21)27(25,26)17-8-7-15-5-2-3-6-16(15)13-17/h2-3,5-8,13,18H,4,9-12,14H2,1H3,(H,23,24)/t18-,20+/m1/s1. The summed E-state index contributed by atoms with van der Waals surface area (Å²) in [5.74, 6) is -0.804. The molecule has 144 valence electrons. The summed E-state index contributed by atoms with van der Waals surface area (Å²) in [6, 6.07) is 12.5. The number of sulfonamides is 1. The average Bonchev–Trinajstić information content (AvgIpc) is 2.67. The van der Waals surface area contributed by atoms with Gasteiger partial charge in [-0.05, 0) is 55.8 Å². The fourth-order valence-electron chi connectivity index (χ4n) is 4.65. The molecule has 7 heteroatoms. The van der Waals surface area contributed by atoms with Gasteiger partial charge in [-0.1, -0.05) is 30.3 Å². The molecule has 0 bridgehead atoms. The molecule has 2 aliphatic rings. The molecule has 2 atom stereocenters. The fraction of sp³-hybridized carbons (Fsp3) is 0.450. The molecule has 1 N–H and O–H groups in total. The number of fused-ring (bicyclic) bond motifs is 2. The highest BCUT2D eigenvalue weighted by Gasteiger charge is 2.53. The maximum atomic E-state index is 13.2. The van der Waals surface area contributed by atoms with E-state index in [0.717, 1.165) is 23.7 Å². The van der Waals surface area contributed by atoms with Crippen LogP contribution >= 0.6 is 0 Å². The van der Waals surface area contributed by atoms with E-state index in [1.54, 1.807) is 12.1 Å². The molecule has 0 aliphatic carbocycles. The topological polar surface area (TPSA) is 77.9 Å². The number of carbonyl (C=O) groups is 1. The fourth-order valence-corrected chi connectivity index (χ4v) is 6.14. The number of carboxylic acid groups (broad SMARTS) is 1. The molecule has 2 aromatic rings. The van der Waals surface area contributed by atoms with E-state index in [-0.39, 0.29) is 24.0 Å². The van der Waals surface area contributed by atoms with E-state index in [0.29, 0.717) is 12.8 Å². The van der Waals surface area contributed by atoms with E-state index in [1.165, 1.54) is 4.31 Å². The molecule has 2 aliphatic heterocycles. The van der Waals surface area contributed by atoms with Gasteiger partial charge in [0.25, 0.3) is 0 Å². The van der Waals surface area contributed by atoms with E-state index >= 15 is 0 Å². The molecule has 0 amide bonds. The number of piperidine rings is 2. The Bertz CT molecular complexity index is 990. The number of carboxylic acids is 1. The molecule has 2 saturated heterocycles. The Hall–Kier alpha value is -1.96. The van der Waals surface area contributed by atoms with Crippen molar-refractivity contribution in [2.24, 2.45) is 5.41 Å². The predicted molar refractivity (Wildman–Crippen MR) is 103 cm³/mol. The van der Waals surface area contributed by atoms with E-state index in [1.807, 2.05) is 42.3 Å². The van der Waals surface area contributed by atoms with Gasteiger partial charge in [-0.25, -0.2) is 8.42 Å². The van der Waals surface area contributed by atoms with Crippen molar-refractivity contribution in [1.29, 1.82) is 0 Å². The van der Waals surface area contributed by atoms with Crippen molar-refractivity contribution in [3.8, 4) is 0 Å². The van der Waals surface area contributed by atoms with Crippen LogP contribution in [0.2, 0.25) is 0 Å². The SMILES string of the molecule is CN1CCC[C@]2(C(=O)O)CCN(S(=O)(=O)c3ccc4ccccc4c3)C[C@@H]12. The average molecular weight is 388 g/mol. The lowest BCUT2D eigenvalue weighted by Crippen LogP contribution is -2.63. The minimum absolute atomic E-state index is 0.220. The Morgan fingerprint density at radius 2 is 1.85 bits per heavy atom. The molecule has 6 nitrogen and oxygen atoms in total. The summed E-state index contributed by atoms with van der Waals surface area (Å²) < 4.78 is 28.0. The molecule has 2 fully saturated rings. The van der Waals surface area contributed by atoms with Gasteiger partial charge in [0.15, 0.2) is 0 Å². The molecule has 0 unspecified atom stereocenters. The van der Waals surface area contributed by atoms with Crippen LogP contribution in [-0.2, 0) is 14.8 Å². The number of likely N-dealkylation sites (tertiary alicyclic amines) is 1. The molecule has 0 saturated carbocycles. The normalized spacial score (nSPS) is 27.4. The smallest absolute Gasteiger partial charge is 0.311 e. The van der Waals surface area contributed by atoms with Crippen LogP contribution in [0.3, 0.4) is 0 Å². The minimum atomic E-state index is -3.67. The lowest BCUT2D eigenvalue weighted by molar-refractivity contribution is -0.160. The summed E-state index contributed by atoms with van der Waals surface area (Å²) in [5, 5.41) is 11.7. The predicted octanol–water partition coefficient (Wildman–Crippen LogP) is 2.40. The van der Waals surface area contributed by atoms with Crippen molar-refractivity contribution in [2.75, 3.05) is 26.7 Å². The third-order valence-corrected chi connectivity index (χ3v) is 8.13. The summed E-state index contributed by atoms with van der Waals surface area (Å²) in [6.07, 6.45) is 1.79. The highest BCUT2D eigenvalue weighted by Crippen LogP contribution is 2.43. The number of rotatable bonds is 3. The van der Waals surface area contributed by atoms with Crippen LogP contribution in [0, 0.1) is 5.41 Å². The van der Waals surface area contributed by atoms with Gasteiger partial charge in [-0.2, -0.15) is 4.31 Å². The van der Waals surface area contributed by atoms with E-state index < -0.39 is 21.4 Å². The van der Waals surface area contributed by atoms with Gasteiger partial charge in [0, 0.05) is 19.1 Å². The largest absolute Gasteiger partial charge is 0.481 e. The Morgan fingerprint density at radius 1 is 1.11 bits per heavy atom. The molecular weight excluding hydrogens is 364 g/mol. The zero-order valence-electron chi connectivity index (χ0n) is 15.3. The van der Waals surface area contributed by atoms with Crippen molar-refractivity contribution >= 4 is 26.8 Å². The number of likely N-dealkylation sites (N-methyl/N-ethyl adjacent to an activating group) is 1. The summed E-state index contributed by atoms with van der Waals surface area (Å²) in [4.78, 5) is 14.3. The zero-order chi connectivity index (χ0) is 19.2. The van der Waals surface area contributed by atoms with Crippen molar-refractivity contribution in [3.05, 3.63) is 42.5 Å². The molecule has 0 aromatic heterocycles. The van der Waals surface area contributed by atoms with Gasteiger partial charge in [-0.3, -0.25) is 4.79 Å². The quantitative estimate of drug-likeness (QED) is 0.874. The zero-order valence-corrected chi connectivity index (χ0v) is 16.2. The molecule has 2 heterocycles. The summed E-state index contributed by atoms with van der Waals surface area (Å²) >= 11 is 0. The first kappa shape index (κ1) is 18.4. The van der Waals surface area contributed by atoms with Gasteiger partial charge in [0.2, 0.25) is 10.0 Å². The van der Waals surface area contributed by atoms with Crippen LogP contribution in [0.4, 0.5) is 0 Å². The van der Waals surface area contributed by atoms with Gasteiger partial charge in [-0.15, -0.1) is 0 Å². The number of nitrogens with zero attached hydrogens (tertiary/aromatic N) is 2. The van der Waals surface area contributed by atoms with E-state index in [9.17, 15) is 18.3 Å². The molecule has 27 heavy (non-hydrogen) atoms. The highest BCUT2D eigenvalue weighted by molar-refractivity contribution is 7.89. The van der Waals surface area contributed by atoms with Gasteiger partial charge < -0.3 is 10.0 Å². The second kappa shape index (κ2) is 6.58. The number of hydrogen-bond acceptors (Lipinski definition) is 4. The summed E-state index contributed by atoms with van der Waals surface area (Å²) in [7, 11) is -1.77. The van der Waals surface area contributed by atoms with Crippen molar-refractivity contribution < 1.29 is 18.3 Å². The Labute approximate surface area is 159 Å². The van der Waals surface area contributed by atoms with Crippen molar-refractivity contribution in [1.82, 2.24) is 9.21 Å². The van der Waals surface area contributed by atoms with Crippen LogP contribution in [-0.4, -0.2) is 61.4 Å². The number of hydrogen-bond donors (Lipinski definition) is 1. The Kier molecular flexibility index (Phi) is 4.49. The first-order chi connectivity index (χ1) is 12.8. The molecular formula is C20H24N2O4S. The summed E-state index contributed by atoms with van der Waals surface area (Å²) in [6.45, 7) is 1.26. The first-order valence-corrected chi connectivity index (χ1v) is 10.7. The maximum Gasteiger partial charge on any atom is 0.311 e. The monoisotopic (exact) mass is 388 g/mol. The number of benzene rings is 2. The van der Waals surface area contributed by atoms with E-state index in [2.05, 4.69) is 0 Å². The van der Waals surface area contributed by atoms with Crippen LogP contribution in [0.1, 0.15) is 19.3 Å². The Morgan fingerprint density at radius 3 is 2.59 bits per heavy atom. The van der Waals surface area contributed by atoms with Crippen molar-refractivity contribution in [2.45, 2.75) is 30.2 Å². The van der Waals surface area contributed by atoms with Crippen LogP contribution in [0.5, 0.6) is 0 Å². The Balaban J connectivity index is 1.67. The van der Waals surface area contributed by atoms with E-state index in [4.69, 9.17) is 0 Å². The third kappa shape index (κ3) is 2.94. The molecule has 0 radical (unpaired) electrons. The third-order valence-electron chi connectivity index (χ3n) is 6.27. The minimum Gasteiger partial charge on any atom is -0.481 e. The van der Waals surface area contributed by atoms with Crippen LogP contribution < -0.4 is 0 Å². The van der Waals surface area contributed by atoms with Crippen LogP contribution in [0.15, 0.2) is 47.4 Å². The van der Waals surface area contributed by atoms with Crippen molar-refractivity contribution in [3.63, 3.8) is 0 Å². The second-order valence-corrected chi connectivity index (χ2v) is 9.62. The lowest BCUT2D eigenvalue weighted by Gasteiger charge is -2.51. The molecule has 4 rings (SSSR count). The van der Waals surface area contributed by atoms with Gasteiger partial charge in [0.1, 0.15) is 0 Å². The molecule has 2 aromatic carbocycles. The lowest BCUT2D eigenvalue weighted by atomic mass is 9.69. The summed E-state index contributed by atoms with van der Waals surface area (Å²) in [5.41, 5.74) is -0.845. The van der Waals surface area contributed by atoms with Gasteiger partial charge in [0.05, 0.1) is 10.3 Å².